The quantitative estimate of drug-likeness (QED) is 0.718. The number of aliphatic carboxylic acids is 1. The topological polar surface area (TPSA) is 101 Å². The van der Waals surface area contributed by atoms with Gasteiger partial charge >= 0.3 is 5.97 Å². The Hall–Kier alpha value is -3.03. The minimum atomic E-state index is -1.28. The summed E-state index contributed by atoms with van der Waals surface area (Å²) in [5.41, 5.74) is -1.58. The first kappa shape index (κ1) is 14.9. The number of carboxylic acids is 1. The molecule has 23 heavy (non-hydrogen) atoms. The van der Waals surface area contributed by atoms with Crippen molar-refractivity contribution in [1.29, 1.82) is 0 Å². The van der Waals surface area contributed by atoms with E-state index >= 15 is 0 Å². The highest BCUT2D eigenvalue weighted by molar-refractivity contribution is 5.78. The van der Waals surface area contributed by atoms with E-state index in [-0.39, 0.29) is 29.6 Å². The van der Waals surface area contributed by atoms with E-state index in [2.05, 4.69) is 4.98 Å². The molecule has 0 spiro atoms. The number of nitrogens with zero attached hydrogens (tertiary/aromatic N) is 1. The molecule has 0 saturated heterocycles. The molecule has 1 aromatic rings. The Kier molecular flexibility index (Phi) is 3.44. The molecule has 6 nitrogen and oxygen atoms in total. The highest BCUT2D eigenvalue weighted by Crippen LogP contribution is 2.31. The van der Waals surface area contributed by atoms with Crippen LogP contribution in [-0.4, -0.2) is 21.2 Å². The number of benzene rings is 2. The maximum absolute atomic E-state index is 14.2. The molecule has 2 N–H and O–H groups in total. The number of aromatic hydroxyl groups is 1. The minimum absolute atomic E-state index is 0.0232. The summed E-state index contributed by atoms with van der Waals surface area (Å²) in [4.78, 5) is 26.5. The number of aromatic nitrogens is 1. The third kappa shape index (κ3) is 2.48. The van der Waals surface area contributed by atoms with Gasteiger partial charge in [-0.3, -0.25) is 9.59 Å². The van der Waals surface area contributed by atoms with Crippen molar-refractivity contribution in [1.82, 2.24) is 4.98 Å². The Bertz CT molecular complexity index is 966. The van der Waals surface area contributed by atoms with Crippen molar-refractivity contribution in [2.24, 2.45) is 0 Å². The van der Waals surface area contributed by atoms with Crippen LogP contribution in [0.3, 0.4) is 0 Å². The summed E-state index contributed by atoms with van der Waals surface area (Å²) in [6.45, 7) is 0. The largest absolute Gasteiger partial charge is 0.505 e. The van der Waals surface area contributed by atoms with Crippen molar-refractivity contribution in [3.63, 3.8) is 0 Å². The van der Waals surface area contributed by atoms with Crippen LogP contribution in [0.25, 0.3) is 22.6 Å². The van der Waals surface area contributed by atoms with Gasteiger partial charge in [-0.2, -0.15) is 8.78 Å². The van der Waals surface area contributed by atoms with E-state index < -0.39 is 40.1 Å². The SMILES string of the molecule is O=C(O)CCc1cc2nc3ccc(O)c(F)c3oc-2c(F)c1=O. The van der Waals surface area contributed by atoms with Gasteiger partial charge in [0.05, 0.1) is 0 Å². The first-order chi connectivity index (χ1) is 10.9. The Balaban J connectivity index is 2.27. The summed E-state index contributed by atoms with van der Waals surface area (Å²) in [7, 11) is 0. The molecule has 1 heterocycles. The summed E-state index contributed by atoms with van der Waals surface area (Å²) in [6, 6.07) is 3.56. The number of phenolic OH excluding ortho intramolecular Hbond substituents is 1. The fraction of sp³-hybridized carbons (Fsp3) is 0.133. The van der Waals surface area contributed by atoms with Crippen LogP contribution < -0.4 is 5.43 Å². The van der Waals surface area contributed by atoms with Crippen LogP contribution in [0.1, 0.15) is 12.0 Å². The molecule has 1 aliphatic heterocycles. The third-order valence-corrected chi connectivity index (χ3v) is 3.34. The average Bonchev–Trinajstić information content (AvgIpc) is 2.52. The van der Waals surface area contributed by atoms with Gasteiger partial charge < -0.3 is 14.6 Å². The van der Waals surface area contributed by atoms with Gasteiger partial charge in [0.25, 0.3) is 0 Å². The molecule has 1 aliphatic carbocycles. The second-order valence-electron chi connectivity index (χ2n) is 4.88. The van der Waals surface area contributed by atoms with E-state index in [0.29, 0.717) is 0 Å². The number of aryl methyl sites for hydroxylation is 1. The molecular weight excluding hydrogens is 312 g/mol. The number of hydrogen-bond acceptors (Lipinski definition) is 5. The highest BCUT2D eigenvalue weighted by atomic mass is 19.1. The van der Waals surface area contributed by atoms with E-state index in [0.717, 1.165) is 6.07 Å². The van der Waals surface area contributed by atoms with E-state index in [9.17, 15) is 23.5 Å². The van der Waals surface area contributed by atoms with Gasteiger partial charge in [0.15, 0.2) is 17.1 Å². The lowest BCUT2D eigenvalue weighted by molar-refractivity contribution is -0.136. The maximum atomic E-state index is 14.2. The van der Waals surface area contributed by atoms with Gasteiger partial charge in [0, 0.05) is 12.0 Å². The molecule has 0 amide bonds. The normalized spacial score (nSPS) is 11.2. The third-order valence-electron chi connectivity index (χ3n) is 3.34. The fourth-order valence-electron chi connectivity index (χ4n) is 2.21. The van der Waals surface area contributed by atoms with E-state index in [1.807, 2.05) is 0 Å². The number of carboxylic acid groups (broad SMARTS) is 1. The van der Waals surface area contributed by atoms with Crippen LogP contribution in [0.2, 0.25) is 0 Å². The van der Waals surface area contributed by atoms with Crippen LogP contribution in [0.4, 0.5) is 8.78 Å². The molecule has 0 unspecified atom stereocenters. The smallest absolute Gasteiger partial charge is 0.303 e. The lowest BCUT2D eigenvalue weighted by atomic mass is 10.1. The summed E-state index contributed by atoms with van der Waals surface area (Å²) in [5.74, 6) is -4.76. The van der Waals surface area contributed by atoms with Crippen LogP contribution in [0, 0.1) is 11.6 Å². The lowest BCUT2D eigenvalue weighted by Gasteiger charge is -2.09. The predicted molar refractivity (Wildman–Crippen MR) is 74.4 cm³/mol. The van der Waals surface area contributed by atoms with Crippen molar-refractivity contribution < 1.29 is 28.2 Å². The summed E-state index contributed by atoms with van der Waals surface area (Å²) in [5, 5.41) is 18.0. The number of rotatable bonds is 3. The lowest BCUT2D eigenvalue weighted by Crippen LogP contribution is -2.16. The van der Waals surface area contributed by atoms with Crippen molar-refractivity contribution in [2.45, 2.75) is 12.8 Å². The van der Waals surface area contributed by atoms with Crippen LogP contribution in [0.5, 0.6) is 5.75 Å². The zero-order chi connectivity index (χ0) is 16.7. The standard InChI is InChI=1S/C15H9F2NO5/c16-11-9(19)3-2-7-14(11)23-15-8(18-7)5-6(1-4-10(20)21)13(22)12(15)17/h2-3,5,19H,1,4H2,(H,20,21). The fourth-order valence-corrected chi connectivity index (χ4v) is 2.21. The molecule has 3 rings (SSSR count). The Morgan fingerprint density at radius 2 is 2.00 bits per heavy atom. The molecule has 1 aromatic carbocycles. The van der Waals surface area contributed by atoms with Gasteiger partial charge in [-0.1, -0.05) is 0 Å². The van der Waals surface area contributed by atoms with E-state index in [1.165, 1.54) is 12.1 Å². The first-order valence-corrected chi connectivity index (χ1v) is 6.53. The van der Waals surface area contributed by atoms with Crippen molar-refractivity contribution >= 4 is 17.1 Å². The van der Waals surface area contributed by atoms with Crippen LogP contribution in [-0.2, 0) is 11.2 Å². The van der Waals surface area contributed by atoms with E-state index in [4.69, 9.17) is 9.52 Å². The zero-order valence-corrected chi connectivity index (χ0v) is 11.5. The Labute approximate surface area is 127 Å². The second kappa shape index (κ2) is 5.31. The number of halogens is 2. The van der Waals surface area contributed by atoms with Gasteiger partial charge in [-0.05, 0) is 24.6 Å². The van der Waals surface area contributed by atoms with Gasteiger partial charge in [0.2, 0.25) is 17.1 Å². The second-order valence-corrected chi connectivity index (χ2v) is 4.88. The van der Waals surface area contributed by atoms with E-state index in [1.54, 1.807) is 0 Å². The predicted octanol–water partition coefficient (Wildman–Crippen LogP) is 2.29. The molecule has 0 fully saturated rings. The number of hydrogen-bond donors (Lipinski definition) is 2. The molecule has 0 saturated carbocycles. The number of phenols is 1. The van der Waals surface area contributed by atoms with Crippen molar-refractivity contribution in [3.05, 3.63) is 45.6 Å². The first-order valence-electron chi connectivity index (χ1n) is 6.53. The van der Waals surface area contributed by atoms with Crippen molar-refractivity contribution in [2.75, 3.05) is 0 Å². The van der Waals surface area contributed by atoms with Gasteiger partial charge in [-0.25, -0.2) is 4.98 Å². The molecule has 0 aromatic heterocycles. The average molecular weight is 321 g/mol. The molecule has 8 heteroatoms. The Morgan fingerprint density at radius 3 is 2.70 bits per heavy atom. The van der Waals surface area contributed by atoms with Crippen LogP contribution >= 0.6 is 0 Å². The molecule has 0 bridgehead atoms. The number of carbonyl (C=O) groups is 1. The number of fused-ring (bicyclic) bond motifs is 2. The molecular formula is C15H9F2NO5. The molecule has 0 atom stereocenters. The maximum Gasteiger partial charge on any atom is 0.303 e. The monoisotopic (exact) mass is 321 g/mol. The summed E-state index contributed by atoms with van der Waals surface area (Å²) >= 11 is 0. The van der Waals surface area contributed by atoms with Crippen molar-refractivity contribution in [3.8, 4) is 17.2 Å². The summed E-state index contributed by atoms with van der Waals surface area (Å²) < 4.78 is 33.0. The molecule has 118 valence electrons. The van der Waals surface area contributed by atoms with Gasteiger partial charge in [0.1, 0.15) is 11.2 Å². The highest BCUT2D eigenvalue weighted by Gasteiger charge is 2.22. The minimum Gasteiger partial charge on any atom is -0.505 e. The molecule has 0 radical (unpaired) electrons. The molecule has 2 aliphatic rings. The Morgan fingerprint density at radius 1 is 1.26 bits per heavy atom. The van der Waals surface area contributed by atoms with Crippen LogP contribution in [0.15, 0.2) is 27.4 Å². The van der Waals surface area contributed by atoms with Gasteiger partial charge in [-0.15, -0.1) is 0 Å². The zero-order valence-electron chi connectivity index (χ0n) is 11.5. The summed E-state index contributed by atoms with van der Waals surface area (Å²) in [6.07, 6.45) is -0.502.